The summed E-state index contributed by atoms with van der Waals surface area (Å²) in [5.74, 6) is 1.27. The minimum Gasteiger partial charge on any atom is -0.493 e. The molecule has 2 aromatic carbocycles. The van der Waals surface area contributed by atoms with Gasteiger partial charge in [0.25, 0.3) is 0 Å². The molecule has 0 aromatic heterocycles. The van der Waals surface area contributed by atoms with Crippen LogP contribution in [0.4, 0.5) is 0 Å². The number of ether oxygens (including phenoxy) is 2. The van der Waals surface area contributed by atoms with Crippen LogP contribution in [0, 0.1) is 0 Å². The predicted octanol–water partition coefficient (Wildman–Crippen LogP) is 2.67. The first-order valence-corrected chi connectivity index (χ1v) is 8.24. The summed E-state index contributed by atoms with van der Waals surface area (Å²) < 4.78 is 10.5. The molecule has 134 valence electrons. The van der Waals surface area contributed by atoms with Gasteiger partial charge in [0.2, 0.25) is 5.91 Å². The molecule has 0 aliphatic heterocycles. The molecule has 0 heterocycles. The summed E-state index contributed by atoms with van der Waals surface area (Å²) in [4.78, 5) is 14.4. The predicted molar refractivity (Wildman–Crippen MR) is 99.1 cm³/mol. The second-order valence-electron chi connectivity index (χ2n) is 6.06. The molecule has 0 saturated heterocycles. The van der Waals surface area contributed by atoms with Crippen LogP contribution in [0.2, 0.25) is 0 Å². The first-order chi connectivity index (χ1) is 12.0. The van der Waals surface area contributed by atoms with Crippen molar-refractivity contribution in [1.29, 1.82) is 0 Å². The lowest BCUT2D eigenvalue weighted by atomic mass is 10.1. The number of benzene rings is 2. The topological polar surface area (TPSA) is 50.8 Å². The van der Waals surface area contributed by atoms with Crippen LogP contribution in [-0.4, -0.2) is 45.7 Å². The van der Waals surface area contributed by atoms with Crippen molar-refractivity contribution in [2.24, 2.45) is 0 Å². The van der Waals surface area contributed by atoms with E-state index in [2.05, 4.69) is 22.3 Å². The summed E-state index contributed by atoms with van der Waals surface area (Å²) in [6.07, 6.45) is 0.301. The van der Waals surface area contributed by atoms with Crippen molar-refractivity contribution < 1.29 is 14.3 Å². The van der Waals surface area contributed by atoms with Crippen LogP contribution in [-0.2, 0) is 11.2 Å². The smallest absolute Gasteiger partial charge is 0.224 e. The van der Waals surface area contributed by atoms with Gasteiger partial charge in [0.1, 0.15) is 0 Å². The fourth-order valence-corrected chi connectivity index (χ4v) is 2.72. The summed E-state index contributed by atoms with van der Waals surface area (Å²) in [5.41, 5.74) is 2.06. The van der Waals surface area contributed by atoms with Gasteiger partial charge in [0.05, 0.1) is 26.7 Å². The summed E-state index contributed by atoms with van der Waals surface area (Å²) in [6.45, 7) is 0.559. The molecule has 0 spiro atoms. The Bertz CT molecular complexity index is 687. The third-order valence-electron chi connectivity index (χ3n) is 4.11. The van der Waals surface area contributed by atoms with Gasteiger partial charge >= 0.3 is 0 Å². The molecule has 1 amide bonds. The number of rotatable bonds is 8. The van der Waals surface area contributed by atoms with Crippen molar-refractivity contribution in [2.45, 2.75) is 12.5 Å². The van der Waals surface area contributed by atoms with E-state index in [4.69, 9.17) is 9.47 Å². The summed E-state index contributed by atoms with van der Waals surface area (Å²) in [5, 5.41) is 3.02. The van der Waals surface area contributed by atoms with Crippen molar-refractivity contribution in [2.75, 3.05) is 34.9 Å². The van der Waals surface area contributed by atoms with E-state index in [9.17, 15) is 4.79 Å². The molecule has 25 heavy (non-hydrogen) atoms. The Kier molecular flexibility index (Phi) is 6.83. The van der Waals surface area contributed by atoms with E-state index in [1.54, 1.807) is 14.2 Å². The van der Waals surface area contributed by atoms with Gasteiger partial charge in [0.15, 0.2) is 11.5 Å². The summed E-state index contributed by atoms with van der Waals surface area (Å²) in [7, 11) is 7.20. The average Bonchev–Trinajstić information content (AvgIpc) is 2.62. The molecule has 0 bridgehead atoms. The highest BCUT2D eigenvalue weighted by molar-refractivity contribution is 5.78. The Hall–Kier alpha value is -2.53. The molecule has 1 N–H and O–H groups in total. The minimum atomic E-state index is -0.0185. The highest BCUT2D eigenvalue weighted by atomic mass is 16.5. The van der Waals surface area contributed by atoms with E-state index >= 15 is 0 Å². The van der Waals surface area contributed by atoms with Crippen LogP contribution in [0.1, 0.15) is 17.2 Å². The van der Waals surface area contributed by atoms with Gasteiger partial charge in [0, 0.05) is 6.54 Å². The maximum atomic E-state index is 12.3. The number of hydrogen-bond acceptors (Lipinski definition) is 4. The number of carbonyl (C=O) groups is 1. The fourth-order valence-electron chi connectivity index (χ4n) is 2.72. The first-order valence-electron chi connectivity index (χ1n) is 8.24. The van der Waals surface area contributed by atoms with E-state index in [0.717, 1.165) is 5.56 Å². The summed E-state index contributed by atoms with van der Waals surface area (Å²) >= 11 is 0. The van der Waals surface area contributed by atoms with Gasteiger partial charge in [-0.15, -0.1) is 0 Å². The van der Waals surface area contributed by atoms with Crippen LogP contribution in [0.3, 0.4) is 0 Å². The van der Waals surface area contributed by atoms with Gasteiger partial charge in [-0.05, 0) is 37.4 Å². The van der Waals surface area contributed by atoms with Crippen molar-refractivity contribution in [1.82, 2.24) is 10.2 Å². The van der Waals surface area contributed by atoms with Gasteiger partial charge in [-0.25, -0.2) is 0 Å². The Labute approximate surface area is 149 Å². The molecule has 1 unspecified atom stereocenters. The molecule has 0 saturated carbocycles. The lowest BCUT2D eigenvalue weighted by Crippen LogP contribution is -2.35. The third-order valence-corrected chi connectivity index (χ3v) is 4.11. The molecule has 0 aliphatic rings. The number of hydrogen-bond donors (Lipinski definition) is 1. The van der Waals surface area contributed by atoms with E-state index in [1.807, 2.05) is 50.5 Å². The van der Waals surface area contributed by atoms with Crippen molar-refractivity contribution >= 4 is 5.91 Å². The molecular formula is C20H26N2O3. The van der Waals surface area contributed by atoms with Gasteiger partial charge in [-0.2, -0.15) is 0 Å². The number of nitrogens with zero attached hydrogens (tertiary/aromatic N) is 1. The van der Waals surface area contributed by atoms with E-state index in [-0.39, 0.29) is 11.9 Å². The molecule has 0 aliphatic carbocycles. The molecule has 2 aromatic rings. The Morgan fingerprint density at radius 2 is 1.72 bits per heavy atom. The molecular weight excluding hydrogens is 316 g/mol. The van der Waals surface area contributed by atoms with Crippen LogP contribution in [0.5, 0.6) is 11.5 Å². The Morgan fingerprint density at radius 1 is 1.04 bits per heavy atom. The van der Waals surface area contributed by atoms with Crippen molar-refractivity contribution in [3.8, 4) is 11.5 Å². The third kappa shape index (κ3) is 5.22. The molecule has 0 fully saturated rings. The standard InChI is InChI=1S/C20H26N2O3/c1-22(2)17(16-8-6-5-7-9-16)14-21-20(23)13-15-10-11-18(24-3)19(12-15)25-4/h5-12,17H,13-14H2,1-4H3,(H,21,23). The number of methoxy groups -OCH3 is 2. The average molecular weight is 342 g/mol. The summed E-state index contributed by atoms with van der Waals surface area (Å²) in [6, 6.07) is 15.8. The number of carbonyl (C=O) groups excluding carboxylic acids is 1. The van der Waals surface area contributed by atoms with E-state index in [0.29, 0.717) is 24.5 Å². The largest absolute Gasteiger partial charge is 0.493 e. The van der Waals surface area contributed by atoms with E-state index < -0.39 is 0 Å². The molecule has 5 nitrogen and oxygen atoms in total. The highest BCUT2D eigenvalue weighted by Crippen LogP contribution is 2.27. The van der Waals surface area contributed by atoms with Crippen molar-refractivity contribution in [3.63, 3.8) is 0 Å². The fraction of sp³-hybridized carbons (Fsp3) is 0.350. The molecule has 0 radical (unpaired) electrons. The first kappa shape index (κ1) is 18.8. The van der Waals surface area contributed by atoms with Crippen LogP contribution in [0.15, 0.2) is 48.5 Å². The van der Waals surface area contributed by atoms with Crippen LogP contribution >= 0.6 is 0 Å². The van der Waals surface area contributed by atoms with Gasteiger partial charge < -0.3 is 19.7 Å². The maximum absolute atomic E-state index is 12.3. The van der Waals surface area contributed by atoms with Crippen LogP contribution in [0.25, 0.3) is 0 Å². The number of amides is 1. The maximum Gasteiger partial charge on any atom is 0.224 e. The lowest BCUT2D eigenvalue weighted by Gasteiger charge is -2.25. The minimum absolute atomic E-state index is 0.0185. The second kappa shape index (κ2) is 9.08. The number of likely N-dealkylation sites (N-methyl/N-ethyl adjacent to an activating group) is 1. The van der Waals surface area contributed by atoms with Gasteiger partial charge in [-0.3, -0.25) is 4.79 Å². The monoisotopic (exact) mass is 342 g/mol. The molecule has 2 rings (SSSR count). The zero-order valence-electron chi connectivity index (χ0n) is 15.3. The zero-order chi connectivity index (χ0) is 18.2. The number of nitrogens with one attached hydrogen (secondary N) is 1. The van der Waals surface area contributed by atoms with Crippen molar-refractivity contribution in [3.05, 3.63) is 59.7 Å². The SMILES string of the molecule is COc1ccc(CC(=O)NCC(c2ccccc2)N(C)C)cc1OC. The zero-order valence-corrected chi connectivity index (χ0v) is 15.3. The molecule has 1 atom stereocenters. The quantitative estimate of drug-likeness (QED) is 0.801. The van der Waals surface area contributed by atoms with Crippen LogP contribution < -0.4 is 14.8 Å². The van der Waals surface area contributed by atoms with E-state index in [1.165, 1.54) is 5.56 Å². The Morgan fingerprint density at radius 3 is 2.32 bits per heavy atom. The normalized spacial score (nSPS) is 11.9. The van der Waals surface area contributed by atoms with Gasteiger partial charge in [-0.1, -0.05) is 36.4 Å². The Balaban J connectivity index is 1.97. The molecule has 5 heteroatoms. The lowest BCUT2D eigenvalue weighted by molar-refractivity contribution is -0.120. The highest BCUT2D eigenvalue weighted by Gasteiger charge is 2.15. The second-order valence-corrected chi connectivity index (χ2v) is 6.06.